The molecule has 5 heteroatoms. The lowest BCUT2D eigenvalue weighted by molar-refractivity contribution is 0.0948. The highest BCUT2D eigenvalue weighted by molar-refractivity contribution is 5.93. The molecule has 0 spiro atoms. The number of nitrogens with one attached hydrogen (secondary N) is 2. The first kappa shape index (κ1) is 7.30. The first-order valence-corrected chi connectivity index (χ1v) is 3.90. The number of fused-ring (bicyclic) bond motifs is 1. The van der Waals surface area contributed by atoms with Gasteiger partial charge in [0.15, 0.2) is 5.69 Å². The number of H-pyrrole nitrogens is 1. The summed E-state index contributed by atoms with van der Waals surface area (Å²) in [7, 11) is 0. The second kappa shape index (κ2) is 2.60. The standard InChI is InChI=1S/C7H10N4O/c8-9-7(12)6-4-2-1-3-5(4)10-11-6/h1-3,8H2,(H,9,12)(H,10,11). The first-order valence-electron chi connectivity index (χ1n) is 3.90. The smallest absolute Gasteiger partial charge is 0.285 e. The van der Waals surface area contributed by atoms with Crippen molar-refractivity contribution in [1.82, 2.24) is 15.6 Å². The molecule has 0 saturated carbocycles. The van der Waals surface area contributed by atoms with Crippen LogP contribution in [0.4, 0.5) is 0 Å². The molecule has 0 saturated heterocycles. The zero-order chi connectivity index (χ0) is 8.55. The predicted molar refractivity (Wildman–Crippen MR) is 42.3 cm³/mol. The Morgan fingerprint density at radius 3 is 3.17 bits per heavy atom. The second-order valence-corrected chi connectivity index (χ2v) is 2.86. The van der Waals surface area contributed by atoms with Crippen LogP contribution in [0.3, 0.4) is 0 Å². The summed E-state index contributed by atoms with van der Waals surface area (Å²) in [5.41, 5.74) is 4.63. The number of aromatic nitrogens is 2. The van der Waals surface area contributed by atoms with E-state index >= 15 is 0 Å². The zero-order valence-corrected chi connectivity index (χ0v) is 6.55. The van der Waals surface area contributed by atoms with Crippen molar-refractivity contribution in [3.8, 4) is 0 Å². The average molecular weight is 166 g/mol. The number of carbonyl (C=O) groups excluding carboxylic acids is 1. The second-order valence-electron chi connectivity index (χ2n) is 2.86. The molecule has 1 aromatic heterocycles. The largest absolute Gasteiger partial charge is 0.289 e. The molecule has 64 valence electrons. The maximum absolute atomic E-state index is 11.1. The molecule has 0 aromatic carbocycles. The molecule has 0 atom stereocenters. The third-order valence-corrected chi connectivity index (χ3v) is 2.15. The number of aromatic amines is 1. The highest BCUT2D eigenvalue weighted by atomic mass is 16.2. The fourth-order valence-electron chi connectivity index (χ4n) is 1.58. The van der Waals surface area contributed by atoms with Crippen LogP contribution < -0.4 is 11.3 Å². The van der Waals surface area contributed by atoms with Crippen LogP contribution in [0.5, 0.6) is 0 Å². The minimum atomic E-state index is -0.311. The van der Waals surface area contributed by atoms with Crippen LogP contribution in [0.2, 0.25) is 0 Å². The van der Waals surface area contributed by atoms with Gasteiger partial charge in [0, 0.05) is 11.3 Å². The maximum Gasteiger partial charge on any atom is 0.285 e. The molecule has 12 heavy (non-hydrogen) atoms. The Morgan fingerprint density at radius 1 is 1.58 bits per heavy atom. The molecule has 2 rings (SSSR count). The molecule has 0 radical (unpaired) electrons. The summed E-state index contributed by atoms with van der Waals surface area (Å²) in [6, 6.07) is 0. The Labute approximate surface area is 69.3 Å². The highest BCUT2D eigenvalue weighted by Crippen LogP contribution is 2.22. The lowest BCUT2D eigenvalue weighted by Crippen LogP contribution is -2.31. The van der Waals surface area contributed by atoms with Crippen LogP contribution in [0.15, 0.2) is 0 Å². The SMILES string of the molecule is NNC(=O)c1n[nH]c2c1CCC2. The summed E-state index contributed by atoms with van der Waals surface area (Å²) in [5, 5.41) is 6.73. The van der Waals surface area contributed by atoms with E-state index in [1.54, 1.807) is 0 Å². The van der Waals surface area contributed by atoms with Crippen LogP contribution in [0.25, 0.3) is 0 Å². The van der Waals surface area contributed by atoms with Crippen molar-refractivity contribution in [3.05, 3.63) is 17.0 Å². The summed E-state index contributed by atoms with van der Waals surface area (Å²) >= 11 is 0. The Balaban J connectivity index is 2.39. The molecule has 1 heterocycles. The number of amides is 1. The van der Waals surface area contributed by atoms with Crippen LogP contribution in [-0.4, -0.2) is 16.1 Å². The molecule has 1 amide bonds. The van der Waals surface area contributed by atoms with Gasteiger partial charge in [-0.2, -0.15) is 5.10 Å². The fraction of sp³-hybridized carbons (Fsp3) is 0.429. The quantitative estimate of drug-likeness (QED) is 0.299. The third kappa shape index (κ3) is 0.902. The predicted octanol–water partition coefficient (Wildman–Crippen LogP) is -0.498. The van der Waals surface area contributed by atoms with Crippen LogP contribution in [0, 0.1) is 0 Å². The first-order chi connectivity index (χ1) is 5.83. The van der Waals surface area contributed by atoms with Crippen molar-refractivity contribution in [2.45, 2.75) is 19.3 Å². The Hall–Kier alpha value is -1.36. The normalized spacial score (nSPS) is 14.4. The van der Waals surface area contributed by atoms with Gasteiger partial charge in [-0.15, -0.1) is 0 Å². The molecule has 0 bridgehead atoms. The van der Waals surface area contributed by atoms with Crippen LogP contribution in [0.1, 0.15) is 28.2 Å². The Bertz CT molecular complexity index is 317. The van der Waals surface area contributed by atoms with E-state index in [4.69, 9.17) is 5.84 Å². The van der Waals surface area contributed by atoms with Crippen molar-refractivity contribution in [2.75, 3.05) is 0 Å². The third-order valence-electron chi connectivity index (χ3n) is 2.15. The number of rotatable bonds is 1. The molecule has 4 N–H and O–H groups in total. The maximum atomic E-state index is 11.1. The molecular formula is C7H10N4O. The fourth-order valence-corrected chi connectivity index (χ4v) is 1.58. The number of carbonyl (C=O) groups is 1. The van der Waals surface area contributed by atoms with Gasteiger partial charge < -0.3 is 0 Å². The monoisotopic (exact) mass is 166 g/mol. The minimum absolute atomic E-state index is 0.311. The van der Waals surface area contributed by atoms with Gasteiger partial charge in [-0.1, -0.05) is 0 Å². The molecule has 5 nitrogen and oxygen atoms in total. The van der Waals surface area contributed by atoms with Gasteiger partial charge in [-0.05, 0) is 19.3 Å². The van der Waals surface area contributed by atoms with E-state index in [1.807, 2.05) is 0 Å². The van der Waals surface area contributed by atoms with Crippen molar-refractivity contribution >= 4 is 5.91 Å². The zero-order valence-electron chi connectivity index (χ0n) is 6.55. The van der Waals surface area contributed by atoms with Crippen LogP contribution in [-0.2, 0) is 12.8 Å². The molecule has 1 aliphatic rings. The van der Waals surface area contributed by atoms with E-state index in [9.17, 15) is 4.79 Å². The summed E-state index contributed by atoms with van der Waals surface area (Å²) in [6.45, 7) is 0. The van der Waals surface area contributed by atoms with Gasteiger partial charge in [0.1, 0.15) is 0 Å². The van der Waals surface area contributed by atoms with E-state index in [0.717, 1.165) is 30.5 Å². The van der Waals surface area contributed by atoms with Gasteiger partial charge in [-0.25, -0.2) is 5.84 Å². The average Bonchev–Trinajstić information content (AvgIpc) is 2.62. The molecule has 0 aliphatic heterocycles. The van der Waals surface area contributed by atoms with Gasteiger partial charge >= 0.3 is 0 Å². The number of nitrogens with two attached hydrogens (primary N) is 1. The lowest BCUT2D eigenvalue weighted by atomic mass is 10.2. The van der Waals surface area contributed by atoms with Crippen LogP contribution >= 0.6 is 0 Å². The number of nitrogen functional groups attached to an aromatic ring is 1. The summed E-state index contributed by atoms with van der Waals surface area (Å²) < 4.78 is 0. The molecular weight excluding hydrogens is 156 g/mol. The molecule has 0 unspecified atom stereocenters. The minimum Gasteiger partial charge on any atom is -0.289 e. The van der Waals surface area contributed by atoms with Gasteiger partial charge in [0.05, 0.1) is 0 Å². The number of aryl methyl sites for hydroxylation is 1. The van der Waals surface area contributed by atoms with Crippen molar-refractivity contribution in [2.24, 2.45) is 5.84 Å². The summed E-state index contributed by atoms with van der Waals surface area (Å²) in [6.07, 6.45) is 3.00. The Morgan fingerprint density at radius 2 is 2.42 bits per heavy atom. The van der Waals surface area contributed by atoms with E-state index in [0.29, 0.717) is 5.69 Å². The molecule has 1 aromatic rings. The van der Waals surface area contributed by atoms with Crippen molar-refractivity contribution in [3.63, 3.8) is 0 Å². The van der Waals surface area contributed by atoms with E-state index in [1.165, 1.54) is 0 Å². The lowest BCUT2D eigenvalue weighted by Gasteiger charge is -1.95. The van der Waals surface area contributed by atoms with Gasteiger partial charge in [0.2, 0.25) is 0 Å². The van der Waals surface area contributed by atoms with E-state index in [-0.39, 0.29) is 5.91 Å². The topological polar surface area (TPSA) is 83.8 Å². The number of hydrogen-bond donors (Lipinski definition) is 3. The molecule has 0 fully saturated rings. The summed E-state index contributed by atoms with van der Waals surface area (Å²) in [5.74, 6) is 4.69. The van der Waals surface area contributed by atoms with Gasteiger partial charge in [0.25, 0.3) is 5.91 Å². The summed E-state index contributed by atoms with van der Waals surface area (Å²) in [4.78, 5) is 11.1. The van der Waals surface area contributed by atoms with Gasteiger partial charge in [-0.3, -0.25) is 15.3 Å². The Kier molecular flexibility index (Phi) is 1.58. The molecule has 1 aliphatic carbocycles. The van der Waals surface area contributed by atoms with Crippen molar-refractivity contribution in [1.29, 1.82) is 0 Å². The van der Waals surface area contributed by atoms with E-state index < -0.39 is 0 Å². The number of nitrogens with zero attached hydrogens (tertiary/aromatic N) is 1. The van der Waals surface area contributed by atoms with Crippen molar-refractivity contribution < 1.29 is 4.79 Å². The number of hydrogen-bond acceptors (Lipinski definition) is 3. The van der Waals surface area contributed by atoms with E-state index in [2.05, 4.69) is 15.6 Å². The highest BCUT2D eigenvalue weighted by Gasteiger charge is 2.21. The number of hydrazine groups is 1.